The monoisotopic (exact) mass is 179 g/mol. The van der Waals surface area contributed by atoms with Gasteiger partial charge < -0.3 is 5.32 Å². The number of rotatable bonds is 0. The van der Waals surface area contributed by atoms with Gasteiger partial charge in [0.15, 0.2) is 5.11 Å². The van der Waals surface area contributed by atoms with E-state index in [1.54, 1.807) is 0 Å². The van der Waals surface area contributed by atoms with Crippen LogP contribution in [-0.2, 0) is 6.54 Å². The van der Waals surface area contributed by atoms with Gasteiger partial charge in [-0.1, -0.05) is 18.2 Å². The molecule has 0 spiro atoms. The van der Waals surface area contributed by atoms with Crippen molar-refractivity contribution in [3.63, 3.8) is 0 Å². The second-order valence-electron chi connectivity index (χ2n) is 2.72. The highest BCUT2D eigenvalue weighted by Gasteiger charge is 2.15. The summed E-state index contributed by atoms with van der Waals surface area (Å²) in [5, 5.41) is 5.14. The molecule has 0 saturated carbocycles. The Morgan fingerprint density at radius 3 is 3.00 bits per heavy atom. The maximum atomic E-state index is 5.62. The molecule has 0 atom stereocenters. The standard InChI is InChI=1S/C8H9N3S/c9-11-5-6-3-1-2-4-7(6)10-8(11)12/h1-4H,5,9H2,(H,10,12). The van der Waals surface area contributed by atoms with Crippen molar-refractivity contribution in [3.8, 4) is 0 Å². The molecule has 0 aromatic heterocycles. The van der Waals surface area contributed by atoms with Crippen molar-refractivity contribution in [3.05, 3.63) is 29.8 Å². The summed E-state index contributed by atoms with van der Waals surface area (Å²) < 4.78 is 0. The molecule has 1 heterocycles. The van der Waals surface area contributed by atoms with Gasteiger partial charge in [-0.3, -0.25) is 5.01 Å². The van der Waals surface area contributed by atoms with Crippen molar-refractivity contribution in [1.29, 1.82) is 0 Å². The van der Waals surface area contributed by atoms with Crippen LogP contribution in [0.5, 0.6) is 0 Å². The van der Waals surface area contributed by atoms with E-state index in [2.05, 4.69) is 5.32 Å². The van der Waals surface area contributed by atoms with E-state index < -0.39 is 0 Å². The molecule has 2 rings (SSSR count). The average molecular weight is 179 g/mol. The summed E-state index contributed by atoms with van der Waals surface area (Å²) in [4.78, 5) is 0. The van der Waals surface area contributed by atoms with Gasteiger partial charge in [0.05, 0.1) is 6.54 Å². The van der Waals surface area contributed by atoms with Crippen molar-refractivity contribution in [2.45, 2.75) is 6.54 Å². The van der Waals surface area contributed by atoms with E-state index >= 15 is 0 Å². The predicted molar refractivity (Wildman–Crippen MR) is 52.4 cm³/mol. The highest BCUT2D eigenvalue weighted by molar-refractivity contribution is 7.80. The molecule has 3 nitrogen and oxygen atoms in total. The quantitative estimate of drug-likeness (QED) is 0.462. The predicted octanol–water partition coefficient (Wildman–Crippen LogP) is 1.07. The van der Waals surface area contributed by atoms with Gasteiger partial charge >= 0.3 is 0 Å². The number of fused-ring (bicyclic) bond motifs is 1. The molecule has 4 heteroatoms. The second kappa shape index (κ2) is 2.73. The number of anilines is 1. The molecule has 0 fully saturated rings. The molecule has 0 amide bonds. The number of para-hydroxylation sites is 1. The number of hydrogen-bond acceptors (Lipinski definition) is 2. The topological polar surface area (TPSA) is 41.3 Å². The first-order chi connectivity index (χ1) is 5.77. The van der Waals surface area contributed by atoms with Gasteiger partial charge in [-0.05, 0) is 23.8 Å². The second-order valence-corrected chi connectivity index (χ2v) is 3.10. The SMILES string of the molecule is NN1Cc2ccccc2NC1=S. The summed E-state index contributed by atoms with van der Waals surface area (Å²) in [5.41, 5.74) is 2.23. The molecular weight excluding hydrogens is 170 g/mol. The van der Waals surface area contributed by atoms with Crippen LogP contribution in [0.4, 0.5) is 5.69 Å². The zero-order valence-electron chi connectivity index (χ0n) is 6.45. The largest absolute Gasteiger partial charge is 0.331 e. The van der Waals surface area contributed by atoms with Crippen LogP contribution in [0.3, 0.4) is 0 Å². The average Bonchev–Trinajstić information content (AvgIpc) is 2.07. The van der Waals surface area contributed by atoms with Gasteiger partial charge in [-0.15, -0.1) is 0 Å². The van der Waals surface area contributed by atoms with Crippen LogP contribution in [-0.4, -0.2) is 10.1 Å². The van der Waals surface area contributed by atoms with E-state index in [1.165, 1.54) is 10.6 Å². The summed E-state index contributed by atoms with van der Waals surface area (Å²) in [6, 6.07) is 7.99. The highest BCUT2D eigenvalue weighted by atomic mass is 32.1. The zero-order chi connectivity index (χ0) is 8.55. The minimum atomic E-state index is 0.578. The summed E-state index contributed by atoms with van der Waals surface area (Å²) in [5.74, 6) is 5.62. The lowest BCUT2D eigenvalue weighted by Crippen LogP contribution is -2.43. The Bertz CT molecular complexity index is 324. The first-order valence-corrected chi connectivity index (χ1v) is 4.09. The van der Waals surface area contributed by atoms with Crippen LogP contribution in [0.1, 0.15) is 5.56 Å². The van der Waals surface area contributed by atoms with Gasteiger partial charge in [-0.2, -0.15) is 0 Å². The van der Waals surface area contributed by atoms with Crippen LogP contribution in [0.15, 0.2) is 24.3 Å². The van der Waals surface area contributed by atoms with Crippen LogP contribution in [0, 0.1) is 0 Å². The van der Waals surface area contributed by atoms with Crippen molar-refractivity contribution < 1.29 is 0 Å². The van der Waals surface area contributed by atoms with Crippen LogP contribution < -0.4 is 11.2 Å². The fraction of sp³-hybridized carbons (Fsp3) is 0.125. The fourth-order valence-electron chi connectivity index (χ4n) is 1.22. The Morgan fingerprint density at radius 1 is 1.42 bits per heavy atom. The number of hydrazine groups is 1. The molecule has 12 heavy (non-hydrogen) atoms. The third kappa shape index (κ3) is 1.15. The molecule has 0 aliphatic carbocycles. The third-order valence-corrected chi connectivity index (χ3v) is 2.20. The maximum Gasteiger partial charge on any atom is 0.188 e. The van der Waals surface area contributed by atoms with Crippen LogP contribution in [0.25, 0.3) is 0 Å². The first kappa shape index (κ1) is 7.52. The van der Waals surface area contributed by atoms with Crippen LogP contribution >= 0.6 is 12.2 Å². The van der Waals surface area contributed by atoms with Gasteiger partial charge in [-0.25, -0.2) is 5.84 Å². The van der Waals surface area contributed by atoms with Crippen molar-refractivity contribution in [1.82, 2.24) is 5.01 Å². The Labute approximate surface area is 76.1 Å². The van der Waals surface area contributed by atoms with Gasteiger partial charge in [0.2, 0.25) is 0 Å². The van der Waals surface area contributed by atoms with E-state index in [0.29, 0.717) is 11.7 Å². The first-order valence-electron chi connectivity index (χ1n) is 3.68. The van der Waals surface area contributed by atoms with E-state index in [4.69, 9.17) is 18.1 Å². The fourth-order valence-corrected chi connectivity index (χ4v) is 1.40. The van der Waals surface area contributed by atoms with Gasteiger partial charge in [0.1, 0.15) is 0 Å². The van der Waals surface area contributed by atoms with E-state index in [0.717, 1.165) is 5.69 Å². The van der Waals surface area contributed by atoms with Crippen LogP contribution in [0.2, 0.25) is 0 Å². The molecule has 1 aromatic carbocycles. The van der Waals surface area contributed by atoms with Crippen molar-refractivity contribution in [2.75, 3.05) is 5.32 Å². The Morgan fingerprint density at radius 2 is 2.17 bits per heavy atom. The van der Waals surface area contributed by atoms with Gasteiger partial charge in [0.25, 0.3) is 0 Å². The normalized spacial score (nSPS) is 15.4. The van der Waals surface area contributed by atoms with E-state index in [9.17, 15) is 0 Å². The summed E-state index contributed by atoms with van der Waals surface area (Å²) in [6.07, 6.45) is 0. The summed E-state index contributed by atoms with van der Waals surface area (Å²) >= 11 is 4.99. The number of nitrogens with two attached hydrogens (primary N) is 1. The molecule has 0 saturated heterocycles. The minimum Gasteiger partial charge on any atom is -0.331 e. The minimum absolute atomic E-state index is 0.578. The third-order valence-electron chi connectivity index (χ3n) is 1.86. The molecular formula is C8H9N3S. The van der Waals surface area contributed by atoms with E-state index in [1.807, 2.05) is 24.3 Å². The van der Waals surface area contributed by atoms with Crippen molar-refractivity contribution in [2.24, 2.45) is 5.84 Å². The van der Waals surface area contributed by atoms with Crippen molar-refractivity contribution >= 4 is 23.0 Å². The summed E-state index contributed by atoms with van der Waals surface area (Å²) in [6.45, 7) is 0.683. The molecule has 1 aliphatic heterocycles. The Kier molecular flexibility index (Phi) is 1.71. The lowest BCUT2D eigenvalue weighted by molar-refractivity contribution is 0.435. The Balaban J connectivity index is 2.40. The molecule has 3 N–H and O–H groups in total. The number of hydrogen-bond donors (Lipinski definition) is 2. The number of thiocarbonyl (C=S) groups is 1. The van der Waals surface area contributed by atoms with E-state index in [-0.39, 0.29) is 0 Å². The lowest BCUT2D eigenvalue weighted by atomic mass is 10.1. The highest BCUT2D eigenvalue weighted by Crippen LogP contribution is 2.20. The molecule has 0 radical (unpaired) electrons. The summed E-state index contributed by atoms with van der Waals surface area (Å²) in [7, 11) is 0. The number of nitrogens with one attached hydrogen (secondary N) is 1. The Hall–Kier alpha value is -1.13. The lowest BCUT2D eigenvalue weighted by Gasteiger charge is -2.27. The zero-order valence-corrected chi connectivity index (χ0v) is 7.27. The number of nitrogens with zero attached hydrogens (tertiary/aromatic N) is 1. The molecule has 1 aromatic rings. The molecule has 0 bridgehead atoms. The molecule has 0 unspecified atom stereocenters. The van der Waals surface area contributed by atoms with Gasteiger partial charge in [0, 0.05) is 5.69 Å². The number of benzene rings is 1. The smallest absolute Gasteiger partial charge is 0.188 e. The molecule has 62 valence electrons. The molecule has 1 aliphatic rings. The maximum absolute atomic E-state index is 5.62.